The van der Waals surface area contributed by atoms with Crippen LogP contribution >= 0.6 is 34.8 Å². The molecule has 0 aliphatic heterocycles. The molecule has 0 bridgehead atoms. The summed E-state index contributed by atoms with van der Waals surface area (Å²) in [4.78, 5) is 21.2. The maximum atomic E-state index is 13.1. The summed E-state index contributed by atoms with van der Waals surface area (Å²) >= 11 is 18.3. The zero-order valence-electron chi connectivity index (χ0n) is 18.7. The van der Waals surface area contributed by atoms with E-state index < -0.39 is 30.6 Å². The Morgan fingerprint density at radius 2 is 1.65 bits per heavy atom. The molecular formula is C21H17Cl3F3N7O3. The highest BCUT2D eigenvalue weighted by Gasteiger charge is 2.39. The number of pyridine rings is 1. The van der Waals surface area contributed by atoms with Crippen LogP contribution in [0, 0.1) is 0 Å². The van der Waals surface area contributed by atoms with Crippen molar-refractivity contribution in [3.63, 3.8) is 0 Å². The molecular weight excluding hydrogens is 562 g/mol. The first-order valence-corrected chi connectivity index (χ1v) is 11.6. The van der Waals surface area contributed by atoms with E-state index >= 15 is 0 Å². The molecule has 0 amide bonds. The van der Waals surface area contributed by atoms with Gasteiger partial charge in [-0.2, -0.15) is 13.2 Å². The van der Waals surface area contributed by atoms with Crippen LogP contribution in [0.1, 0.15) is 24.7 Å². The van der Waals surface area contributed by atoms with Crippen LogP contribution in [0.2, 0.25) is 15.1 Å². The van der Waals surface area contributed by atoms with E-state index in [1.807, 2.05) is 0 Å². The fourth-order valence-electron chi connectivity index (χ4n) is 3.41. The number of alkyl halides is 3. The Morgan fingerprint density at radius 3 is 2.22 bits per heavy atom. The first-order chi connectivity index (χ1) is 17.4. The summed E-state index contributed by atoms with van der Waals surface area (Å²) in [6.45, 7) is -0.0593. The average molecular weight is 579 g/mol. The van der Waals surface area contributed by atoms with Gasteiger partial charge in [0.1, 0.15) is 18.3 Å². The van der Waals surface area contributed by atoms with E-state index in [-0.39, 0.29) is 45.3 Å². The Labute approximate surface area is 221 Å². The van der Waals surface area contributed by atoms with Gasteiger partial charge in [-0.25, -0.2) is 19.1 Å². The normalized spacial score (nSPS) is 13.6. The third-order valence-corrected chi connectivity index (χ3v) is 5.94. The molecule has 4 aromatic rings. The standard InChI is InChI=1S/C21H17Cl3F3N7O3/c1-10(35)18-29-16(30-34(18)17-13(23)6-28-7-14(17)24)9-33-20(37)32(8-15(36)21(25,26)27)19(31-33)11-2-4-12(22)5-3-11/h2-7,10,15,35-36H,8-9H2,1H3. The molecule has 2 atom stereocenters. The van der Waals surface area contributed by atoms with Crippen molar-refractivity contribution in [1.82, 2.24) is 34.1 Å². The monoisotopic (exact) mass is 577 g/mol. The van der Waals surface area contributed by atoms with Crippen LogP contribution in [0.3, 0.4) is 0 Å². The van der Waals surface area contributed by atoms with E-state index in [0.29, 0.717) is 9.59 Å². The molecule has 0 fully saturated rings. The van der Waals surface area contributed by atoms with Gasteiger partial charge >= 0.3 is 11.9 Å². The molecule has 0 aliphatic rings. The van der Waals surface area contributed by atoms with Crippen molar-refractivity contribution >= 4 is 34.8 Å². The van der Waals surface area contributed by atoms with Crippen LogP contribution in [-0.4, -0.2) is 56.6 Å². The van der Waals surface area contributed by atoms with Gasteiger partial charge in [-0.3, -0.25) is 9.55 Å². The topological polar surface area (TPSA) is 124 Å². The number of hydrogen-bond acceptors (Lipinski definition) is 7. The lowest BCUT2D eigenvalue weighted by Crippen LogP contribution is -2.37. The molecule has 16 heteroatoms. The first kappa shape index (κ1) is 27.1. The summed E-state index contributed by atoms with van der Waals surface area (Å²) in [5.74, 6) is -0.131. The van der Waals surface area contributed by atoms with Crippen molar-refractivity contribution in [1.29, 1.82) is 0 Å². The van der Waals surface area contributed by atoms with E-state index in [2.05, 4.69) is 20.2 Å². The second-order valence-corrected chi connectivity index (χ2v) is 9.12. The number of hydrogen-bond donors (Lipinski definition) is 2. The third-order valence-electron chi connectivity index (χ3n) is 5.14. The van der Waals surface area contributed by atoms with Gasteiger partial charge in [0, 0.05) is 23.0 Å². The fourth-order valence-corrected chi connectivity index (χ4v) is 4.06. The van der Waals surface area contributed by atoms with Gasteiger partial charge in [-0.15, -0.1) is 10.2 Å². The molecule has 3 aromatic heterocycles. The Balaban J connectivity index is 1.79. The molecule has 37 heavy (non-hydrogen) atoms. The number of aliphatic hydroxyl groups excluding tert-OH is 2. The van der Waals surface area contributed by atoms with Gasteiger partial charge in [0.25, 0.3) is 0 Å². The number of halogens is 6. The minimum atomic E-state index is -4.96. The van der Waals surface area contributed by atoms with Crippen molar-refractivity contribution in [2.45, 2.75) is 38.4 Å². The summed E-state index contributed by atoms with van der Waals surface area (Å²) in [6.07, 6.45) is -6.29. The van der Waals surface area contributed by atoms with Gasteiger partial charge in [0.05, 0.1) is 16.6 Å². The average Bonchev–Trinajstić information content (AvgIpc) is 3.36. The van der Waals surface area contributed by atoms with E-state index in [4.69, 9.17) is 34.8 Å². The maximum absolute atomic E-state index is 13.1. The minimum absolute atomic E-state index is 0.0226. The van der Waals surface area contributed by atoms with Gasteiger partial charge < -0.3 is 10.2 Å². The largest absolute Gasteiger partial charge is 0.416 e. The van der Waals surface area contributed by atoms with Gasteiger partial charge in [0.2, 0.25) is 0 Å². The number of aromatic nitrogens is 7. The van der Waals surface area contributed by atoms with Gasteiger partial charge in [-0.1, -0.05) is 34.8 Å². The summed E-state index contributed by atoms with van der Waals surface area (Å²) in [6, 6.07) is 5.89. The van der Waals surface area contributed by atoms with Crippen LogP contribution < -0.4 is 5.69 Å². The number of aliphatic hydroxyl groups is 2. The lowest BCUT2D eigenvalue weighted by molar-refractivity contribution is -0.207. The van der Waals surface area contributed by atoms with Gasteiger partial charge in [0.15, 0.2) is 23.6 Å². The molecule has 3 heterocycles. The fraction of sp³-hybridized carbons (Fsp3) is 0.286. The van der Waals surface area contributed by atoms with Crippen molar-refractivity contribution in [2.75, 3.05) is 0 Å². The Morgan fingerprint density at radius 1 is 1.03 bits per heavy atom. The molecule has 1 aromatic carbocycles. The highest BCUT2D eigenvalue weighted by atomic mass is 35.5. The predicted molar refractivity (Wildman–Crippen MR) is 128 cm³/mol. The van der Waals surface area contributed by atoms with Crippen LogP contribution in [0.15, 0.2) is 41.5 Å². The van der Waals surface area contributed by atoms with Crippen LogP contribution in [0.4, 0.5) is 13.2 Å². The molecule has 0 saturated carbocycles. The summed E-state index contributed by atoms with van der Waals surface area (Å²) < 4.78 is 41.9. The predicted octanol–water partition coefficient (Wildman–Crippen LogP) is 3.67. The van der Waals surface area contributed by atoms with Crippen LogP contribution in [0.5, 0.6) is 0 Å². The van der Waals surface area contributed by atoms with Crippen molar-refractivity contribution < 1.29 is 23.4 Å². The SMILES string of the molecule is CC(O)c1nc(Cn2nc(-c3ccc(Cl)cc3)n(CC(O)C(F)(F)F)c2=O)nn1-c1c(Cl)cncc1Cl. The molecule has 0 radical (unpaired) electrons. The molecule has 196 valence electrons. The maximum Gasteiger partial charge on any atom is 0.416 e. The van der Waals surface area contributed by atoms with Crippen LogP contribution in [0.25, 0.3) is 17.1 Å². The minimum Gasteiger partial charge on any atom is -0.385 e. The molecule has 2 unspecified atom stereocenters. The van der Waals surface area contributed by atoms with Gasteiger partial charge in [-0.05, 0) is 31.2 Å². The smallest absolute Gasteiger partial charge is 0.385 e. The van der Waals surface area contributed by atoms with Crippen molar-refractivity contribution in [2.24, 2.45) is 0 Å². The lowest BCUT2D eigenvalue weighted by atomic mass is 10.2. The lowest BCUT2D eigenvalue weighted by Gasteiger charge is -2.15. The molecule has 0 aliphatic carbocycles. The second kappa shape index (κ2) is 10.4. The molecule has 2 N–H and O–H groups in total. The molecule has 0 spiro atoms. The highest BCUT2D eigenvalue weighted by molar-refractivity contribution is 6.37. The van der Waals surface area contributed by atoms with E-state index in [1.54, 1.807) is 0 Å². The zero-order chi connectivity index (χ0) is 27.1. The molecule has 10 nitrogen and oxygen atoms in total. The highest BCUT2D eigenvalue weighted by Crippen LogP contribution is 2.29. The summed E-state index contributed by atoms with van der Waals surface area (Å²) in [5, 5.41) is 28.9. The van der Waals surface area contributed by atoms with E-state index in [0.717, 1.165) is 4.68 Å². The second-order valence-electron chi connectivity index (χ2n) is 7.86. The van der Waals surface area contributed by atoms with E-state index in [9.17, 15) is 28.2 Å². The molecule has 0 saturated heterocycles. The molecule has 4 rings (SSSR count). The van der Waals surface area contributed by atoms with Crippen molar-refractivity contribution in [3.8, 4) is 17.1 Å². The summed E-state index contributed by atoms with van der Waals surface area (Å²) in [5.41, 5.74) is -0.489. The third kappa shape index (κ3) is 5.65. The van der Waals surface area contributed by atoms with Crippen LogP contribution in [-0.2, 0) is 13.1 Å². The number of benzene rings is 1. The Bertz CT molecular complexity index is 1460. The summed E-state index contributed by atoms with van der Waals surface area (Å²) in [7, 11) is 0. The first-order valence-electron chi connectivity index (χ1n) is 10.5. The van der Waals surface area contributed by atoms with E-state index in [1.165, 1.54) is 48.3 Å². The Kier molecular flexibility index (Phi) is 7.62. The quantitative estimate of drug-likeness (QED) is 0.343. The zero-order valence-corrected chi connectivity index (χ0v) is 21.0. The number of nitrogens with zero attached hydrogens (tertiary/aromatic N) is 7. The van der Waals surface area contributed by atoms with Crippen molar-refractivity contribution in [3.05, 3.63) is 73.9 Å². The number of rotatable bonds is 7. The Hall–Kier alpha value is -2.97.